The van der Waals surface area contributed by atoms with Crippen LogP contribution in [0.25, 0.3) is 0 Å². The number of hydrogen-bond donors (Lipinski definition) is 2. The van der Waals surface area contributed by atoms with Crippen molar-refractivity contribution < 1.29 is 52.3 Å². The summed E-state index contributed by atoms with van der Waals surface area (Å²) in [5.41, 5.74) is 0. The molecule has 0 aliphatic heterocycles. The van der Waals surface area contributed by atoms with Crippen molar-refractivity contribution in [3.63, 3.8) is 0 Å². The summed E-state index contributed by atoms with van der Waals surface area (Å²) in [4.78, 5) is 37.1. The van der Waals surface area contributed by atoms with Crippen molar-refractivity contribution in [1.82, 2.24) is 0 Å². The summed E-state index contributed by atoms with van der Waals surface area (Å²) >= 11 is 0. The second-order valence-electron chi connectivity index (χ2n) is 20.7. The Kier molecular flexibility index (Phi) is 55.0. The first-order valence-electron chi connectivity index (χ1n) is 30.1. The Morgan fingerprint density at radius 3 is 1.03 bits per heavy atom. The molecular formula is C58H118NO10P. The normalized spacial score (nSPS) is 13.4. The third-order valence-electron chi connectivity index (χ3n) is 13.7. The molecule has 3 atom stereocenters. The Hall–Kier alpha value is -1.07. The molecule has 0 saturated heterocycles. The quantitative estimate of drug-likeness (QED) is 0.0261. The Morgan fingerprint density at radius 1 is 0.429 bits per heavy atom. The summed E-state index contributed by atoms with van der Waals surface area (Å²) in [6, 6.07) is 0. The van der Waals surface area contributed by atoms with E-state index in [1.807, 2.05) is 0 Å². The monoisotopic (exact) mass is 1020 g/mol. The molecule has 0 aromatic rings. The first-order valence-corrected chi connectivity index (χ1v) is 31.5. The lowest BCUT2D eigenvalue weighted by Crippen LogP contribution is -2.50. The number of carbonyl (C=O) groups excluding carboxylic acids is 2. The Morgan fingerprint density at radius 2 is 0.714 bits per heavy atom. The van der Waals surface area contributed by atoms with E-state index in [1.165, 1.54) is 223 Å². The largest absolute Gasteiger partial charge is 0.756 e. The predicted octanol–water partition coefficient (Wildman–Crippen LogP) is 15.8. The van der Waals surface area contributed by atoms with Gasteiger partial charge in [0.15, 0.2) is 6.10 Å². The molecule has 12 heteroatoms. The highest BCUT2D eigenvalue weighted by molar-refractivity contribution is 7.45. The molecule has 0 saturated carbocycles. The van der Waals surface area contributed by atoms with Crippen LogP contribution < -0.4 is 4.89 Å². The van der Waals surface area contributed by atoms with Gasteiger partial charge in [0.05, 0.1) is 46.0 Å². The van der Waals surface area contributed by atoms with Crippen molar-refractivity contribution >= 4 is 19.8 Å². The smallest absolute Gasteiger partial charge is 0.306 e. The number of quaternary nitrogens is 1. The minimum Gasteiger partial charge on any atom is -0.756 e. The van der Waals surface area contributed by atoms with Crippen molar-refractivity contribution in [2.45, 2.75) is 311 Å². The van der Waals surface area contributed by atoms with Crippen molar-refractivity contribution in [3.05, 3.63) is 0 Å². The Labute approximate surface area is 433 Å². The van der Waals surface area contributed by atoms with Crippen LogP contribution in [0.4, 0.5) is 0 Å². The zero-order chi connectivity index (χ0) is 52.1. The molecule has 420 valence electrons. The number of ether oxygens (including phenoxy) is 2. The topological polar surface area (TPSA) is 152 Å². The molecule has 0 aliphatic rings. The van der Waals surface area contributed by atoms with Gasteiger partial charge in [0.1, 0.15) is 12.7 Å². The molecular weight excluding hydrogens is 902 g/mol. The van der Waals surface area contributed by atoms with Gasteiger partial charge in [-0.15, -0.1) is 0 Å². The van der Waals surface area contributed by atoms with Crippen LogP contribution in [0.3, 0.4) is 0 Å². The number of phosphoric acid groups is 1. The minimum absolute atomic E-state index is 0.177. The minimum atomic E-state index is -4.86. The van der Waals surface area contributed by atoms with E-state index in [0.29, 0.717) is 12.8 Å². The van der Waals surface area contributed by atoms with Crippen LogP contribution in [0.2, 0.25) is 0 Å². The maximum absolute atomic E-state index is 12.6. The van der Waals surface area contributed by atoms with Crippen molar-refractivity contribution in [2.24, 2.45) is 0 Å². The van der Waals surface area contributed by atoms with E-state index in [2.05, 4.69) is 46.1 Å². The van der Waals surface area contributed by atoms with Crippen LogP contribution in [-0.2, 0) is 32.7 Å². The van der Waals surface area contributed by atoms with E-state index in [4.69, 9.17) is 19.1 Å². The van der Waals surface area contributed by atoms with Gasteiger partial charge in [-0.2, -0.15) is 0 Å². The maximum Gasteiger partial charge on any atom is 0.306 e. The predicted molar refractivity (Wildman–Crippen MR) is 292 cm³/mol. The fraction of sp³-hybridized carbons (Fsp3) is 0.966. The van der Waals surface area contributed by atoms with E-state index >= 15 is 0 Å². The lowest BCUT2D eigenvalue weighted by atomic mass is 10.0. The first-order chi connectivity index (χ1) is 34.0. The molecule has 3 unspecified atom stereocenters. The molecule has 0 aliphatic carbocycles. The van der Waals surface area contributed by atoms with Crippen molar-refractivity contribution in [3.8, 4) is 0 Å². The summed E-state index contributed by atoms with van der Waals surface area (Å²) in [7, 11) is -4.86. The number of unbranched alkanes of at least 4 members (excludes halogenated alkanes) is 32. The second-order valence-corrected chi connectivity index (χ2v) is 22.1. The van der Waals surface area contributed by atoms with Gasteiger partial charge in [-0.25, -0.2) is 0 Å². The van der Waals surface area contributed by atoms with E-state index in [9.17, 15) is 24.2 Å². The fourth-order valence-corrected chi connectivity index (χ4v) is 9.77. The molecule has 0 rings (SSSR count). The average Bonchev–Trinajstić information content (AvgIpc) is 3.36. The number of rotatable bonds is 54. The summed E-state index contributed by atoms with van der Waals surface area (Å²) < 4.78 is 33.8. The number of aliphatic hydroxyl groups is 2. The third kappa shape index (κ3) is 50.5. The van der Waals surface area contributed by atoms with Gasteiger partial charge in [0, 0.05) is 12.8 Å². The van der Waals surface area contributed by atoms with Crippen LogP contribution in [0.5, 0.6) is 0 Å². The molecule has 70 heavy (non-hydrogen) atoms. The summed E-state index contributed by atoms with van der Waals surface area (Å²) in [5.74, 6) is -0.945. The molecule has 0 heterocycles. The third-order valence-corrected chi connectivity index (χ3v) is 14.6. The van der Waals surface area contributed by atoms with Crippen LogP contribution in [0, 0.1) is 0 Å². The molecule has 0 spiro atoms. The van der Waals surface area contributed by atoms with Crippen LogP contribution in [0.1, 0.15) is 298 Å². The van der Waals surface area contributed by atoms with Gasteiger partial charge in [-0.3, -0.25) is 14.2 Å². The van der Waals surface area contributed by atoms with Gasteiger partial charge < -0.3 is 38.1 Å². The molecule has 0 radical (unpaired) electrons. The van der Waals surface area contributed by atoms with E-state index < -0.39 is 51.8 Å². The van der Waals surface area contributed by atoms with Crippen molar-refractivity contribution in [1.29, 1.82) is 0 Å². The molecule has 0 amide bonds. The van der Waals surface area contributed by atoms with Crippen molar-refractivity contribution in [2.75, 3.05) is 52.6 Å². The summed E-state index contributed by atoms with van der Waals surface area (Å²) in [5, 5.41) is 18.3. The Balaban J connectivity index is 0. The Bertz CT molecular complexity index is 1110. The number of carbonyl (C=O) groups is 2. The lowest BCUT2D eigenvalue weighted by molar-refractivity contribution is -0.929. The highest BCUT2D eigenvalue weighted by Gasteiger charge is 2.25. The number of esters is 2. The van der Waals surface area contributed by atoms with Crippen LogP contribution >= 0.6 is 7.82 Å². The van der Waals surface area contributed by atoms with E-state index in [-0.39, 0.29) is 19.4 Å². The molecule has 0 aromatic carbocycles. The highest BCUT2D eigenvalue weighted by atomic mass is 31.2. The van der Waals surface area contributed by atoms with Gasteiger partial charge in [-0.05, 0) is 38.5 Å². The SMILES string of the molecule is CCCCCCCCCCCCCCCCCC(=O)OCC(COP(=O)([O-])OCC(O)CO)OC(=O)CCCCCCCCCCCCCCCCC.CCCC[N+](CCCC)(CCCC)CCCC. The van der Waals surface area contributed by atoms with Gasteiger partial charge >= 0.3 is 11.9 Å². The second kappa shape index (κ2) is 54.2. The van der Waals surface area contributed by atoms with Gasteiger partial charge in [0.2, 0.25) is 0 Å². The molecule has 0 fully saturated rings. The number of phosphoric ester groups is 1. The first kappa shape index (κ1) is 71.0. The van der Waals surface area contributed by atoms with Crippen LogP contribution in [-0.4, -0.2) is 91.4 Å². The summed E-state index contributed by atoms with van der Waals surface area (Å²) in [6.07, 6.45) is 45.7. The van der Waals surface area contributed by atoms with E-state index in [0.717, 1.165) is 38.5 Å². The fourth-order valence-electron chi connectivity index (χ4n) is 8.99. The number of nitrogens with zero attached hydrogens (tertiary/aromatic N) is 1. The van der Waals surface area contributed by atoms with Gasteiger partial charge in [0.25, 0.3) is 7.82 Å². The summed E-state index contributed by atoms with van der Waals surface area (Å²) in [6.45, 7) is 17.3. The maximum atomic E-state index is 12.6. The molecule has 0 bridgehead atoms. The standard InChI is InChI=1S/C42H83O10P.C16H36N/c1-3-5-7-9-11-13-15-17-19-21-23-25-27-29-31-33-41(45)49-37-40(38-51-53(47,48)50-36-39(44)35-43)52-42(46)34-32-30-28-26-24-22-20-18-16-14-12-10-8-6-4-2;1-5-9-13-17(14-10-6-2,15-11-7-3)16-12-8-4/h39-40,43-44H,3-38H2,1-2H3,(H,47,48);5-16H2,1-4H3/q;+1/p-1. The van der Waals surface area contributed by atoms with Crippen LogP contribution in [0.15, 0.2) is 0 Å². The zero-order valence-electron chi connectivity index (χ0n) is 47.2. The number of hydrogen-bond acceptors (Lipinski definition) is 10. The molecule has 11 nitrogen and oxygen atoms in total. The average molecular weight is 1020 g/mol. The van der Waals surface area contributed by atoms with Gasteiger partial charge in [-0.1, -0.05) is 247 Å². The molecule has 0 aromatic heterocycles. The highest BCUT2D eigenvalue weighted by Crippen LogP contribution is 2.38. The lowest BCUT2D eigenvalue weighted by Gasteiger charge is -2.39. The van der Waals surface area contributed by atoms with E-state index in [1.54, 1.807) is 0 Å². The zero-order valence-corrected chi connectivity index (χ0v) is 48.0. The molecule has 2 N–H and O–H groups in total. The number of aliphatic hydroxyl groups excluding tert-OH is 2.